The number of carboxylic acids is 1. The minimum Gasteiger partial charge on any atom is -0.481 e. The number of pyridine rings is 1. The van der Waals surface area contributed by atoms with Crippen LogP contribution in [0.4, 0.5) is 17.6 Å². The maximum absolute atomic E-state index is 13.2. The first-order valence-corrected chi connectivity index (χ1v) is 4.98. The molecule has 1 N–H and O–H groups in total. The molecule has 0 unspecified atom stereocenters. The van der Waals surface area contributed by atoms with Crippen LogP contribution in [0.5, 0.6) is 5.75 Å². The zero-order chi connectivity index (χ0) is 13.9. The van der Waals surface area contributed by atoms with Crippen LogP contribution in [0.2, 0.25) is 0 Å². The van der Waals surface area contributed by atoms with E-state index in [1.807, 2.05) is 0 Å². The van der Waals surface area contributed by atoms with Gasteiger partial charge in [-0.3, -0.25) is 4.79 Å². The van der Waals surface area contributed by atoms with Crippen molar-refractivity contribution in [2.75, 3.05) is 0 Å². The summed E-state index contributed by atoms with van der Waals surface area (Å²) >= 11 is 5.42. The molecule has 100 valence electrons. The van der Waals surface area contributed by atoms with Crippen molar-refractivity contribution in [3.8, 4) is 5.75 Å². The van der Waals surface area contributed by atoms with Gasteiger partial charge >= 0.3 is 12.3 Å². The molecule has 0 spiro atoms. The van der Waals surface area contributed by atoms with Crippen molar-refractivity contribution in [1.29, 1.82) is 0 Å². The first kappa shape index (κ1) is 14.5. The summed E-state index contributed by atoms with van der Waals surface area (Å²) in [7, 11) is 0. The van der Waals surface area contributed by atoms with Crippen LogP contribution in [0.15, 0.2) is 6.07 Å². The normalized spacial score (nSPS) is 11.4. The van der Waals surface area contributed by atoms with E-state index in [0.29, 0.717) is 6.07 Å². The van der Waals surface area contributed by atoms with Crippen molar-refractivity contribution < 1.29 is 32.2 Å². The van der Waals surface area contributed by atoms with Crippen LogP contribution in [0.1, 0.15) is 11.3 Å². The number of aromatic nitrogens is 1. The van der Waals surface area contributed by atoms with E-state index >= 15 is 0 Å². The Labute approximate surface area is 103 Å². The largest absolute Gasteiger partial charge is 0.573 e. The van der Waals surface area contributed by atoms with E-state index in [9.17, 15) is 22.4 Å². The molecule has 0 amide bonds. The number of alkyl halides is 4. The highest BCUT2D eigenvalue weighted by molar-refractivity contribution is 6.17. The summed E-state index contributed by atoms with van der Waals surface area (Å²) in [6.07, 6.45) is -5.72. The van der Waals surface area contributed by atoms with E-state index in [2.05, 4.69) is 9.72 Å². The minimum atomic E-state index is -5.07. The predicted octanol–water partition coefficient (Wildman–Crippen LogP) is 2.49. The van der Waals surface area contributed by atoms with Crippen molar-refractivity contribution in [2.24, 2.45) is 0 Å². The molecule has 1 heterocycles. The van der Waals surface area contributed by atoms with Crippen LogP contribution in [0.3, 0.4) is 0 Å². The molecule has 0 aromatic carbocycles. The van der Waals surface area contributed by atoms with E-state index in [1.54, 1.807) is 0 Å². The van der Waals surface area contributed by atoms with Gasteiger partial charge in [0.05, 0.1) is 12.1 Å². The highest BCUT2D eigenvalue weighted by Gasteiger charge is 2.33. The van der Waals surface area contributed by atoms with Crippen molar-refractivity contribution >= 4 is 17.6 Å². The van der Waals surface area contributed by atoms with E-state index in [4.69, 9.17) is 16.7 Å². The number of hydrogen-bond donors (Lipinski definition) is 1. The van der Waals surface area contributed by atoms with Gasteiger partial charge < -0.3 is 9.84 Å². The fourth-order valence-corrected chi connectivity index (χ4v) is 1.39. The fraction of sp³-hybridized carbons (Fsp3) is 0.333. The second-order valence-corrected chi connectivity index (χ2v) is 3.40. The summed E-state index contributed by atoms with van der Waals surface area (Å²) in [6, 6.07) is 0.682. The number of aliphatic carboxylic acids is 1. The molecule has 0 radical (unpaired) electrons. The highest BCUT2D eigenvalue weighted by Crippen LogP contribution is 2.27. The smallest absolute Gasteiger partial charge is 0.481 e. The number of halogens is 5. The van der Waals surface area contributed by atoms with Gasteiger partial charge in [0.1, 0.15) is 0 Å². The van der Waals surface area contributed by atoms with Gasteiger partial charge in [-0.15, -0.1) is 24.8 Å². The Bertz CT molecular complexity index is 464. The van der Waals surface area contributed by atoms with Crippen molar-refractivity contribution in [2.45, 2.75) is 18.7 Å². The summed E-state index contributed by atoms with van der Waals surface area (Å²) in [6.45, 7) is 0. The molecule has 0 atom stereocenters. The van der Waals surface area contributed by atoms with Crippen LogP contribution in [-0.4, -0.2) is 22.4 Å². The molecule has 1 aromatic rings. The average Bonchev–Trinajstić information content (AvgIpc) is 2.19. The molecule has 0 aliphatic heterocycles. The molecule has 0 saturated heterocycles. The molecule has 0 aliphatic carbocycles. The predicted molar refractivity (Wildman–Crippen MR) is 51.8 cm³/mol. The molecule has 1 rings (SSSR count). The fourth-order valence-electron chi connectivity index (χ4n) is 1.15. The zero-order valence-corrected chi connectivity index (χ0v) is 9.35. The third kappa shape index (κ3) is 4.02. The number of rotatable bonds is 4. The number of carboxylic acid groups (broad SMARTS) is 1. The lowest BCUT2D eigenvalue weighted by atomic mass is 10.1. The minimum absolute atomic E-state index is 0.0419. The van der Waals surface area contributed by atoms with Crippen LogP contribution in [0, 0.1) is 5.95 Å². The molecular weight excluding hydrogens is 282 g/mol. The lowest BCUT2D eigenvalue weighted by Crippen LogP contribution is -2.19. The summed E-state index contributed by atoms with van der Waals surface area (Å²) < 4.78 is 52.3. The van der Waals surface area contributed by atoms with Crippen LogP contribution in [-0.2, 0) is 17.1 Å². The molecule has 1 aromatic heterocycles. The summed E-state index contributed by atoms with van der Waals surface area (Å²) in [5.41, 5.74) is -0.288. The van der Waals surface area contributed by atoms with E-state index in [-0.39, 0.29) is 17.1 Å². The third-order valence-corrected chi connectivity index (χ3v) is 2.09. The quantitative estimate of drug-likeness (QED) is 0.525. The van der Waals surface area contributed by atoms with Gasteiger partial charge in [-0.25, -0.2) is 4.98 Å². The SMILES string of the molecule is O=C(O)Cc1nc(F)c(OC(F)(F)F)cc1CCl. The zero-order valence-electron chi connectivity index (χ0n) is 8.59. The highest BCUT2D eigenvalue weighted by atomic mass is 35.5. The Morgan fingerprint density at radius 2 is 2.11 bits per heavy atom. The first-order valence-electron chi connectivity index (χ1n) is 4.44. The molecule has 9 heteroatoms. The Kier molecular flexibility index (Phi) is 4.33. The maximum atomic E-state index is 13.2. The van der Waals surface area contributed by atoms with Crippen LogP contribution in [0.25, 0.3) is 0 Å². The molecule has 0 aliphatic rings. The number of carbonyl (C=O) groups is 1. The number of nitrogens with zero attached hydrogens (tertiary/aromatic N) is 1. The standard InChI is InChI=1S/C9H6ClF4NO3/c10-3-4-1-6(18-9(12,13)14)8(11)15-5(4)2-7(16)17/h1H,2-3H2,(H,16,17). The second kappa shape index (κ2) is 5.38. The second-order valence-electron chi connectivity index (χ2n) is 3.14. The van der Waals surface area contributed by atoms with Gasteiger partial charge in [-0.2, -0.15) is 4.39 Å². The Morgan fingerprint density at radius 3 is 2.56 bits per heavy atom. The molecular formula is C9H6ClF4NO3. The number of hydrogen-bond acceptors (Lipinski definition) is 3. The summed E-state index contributed by atoms with van der Waals surface area (Å²) in [5.74, 6) is -4.31. The van der Waals surface area contributed by atoms with Crippen LogP contribution < -0.4 is 4.74 Å². The Hall–Kier alpha value is -1.57. The van der Waals surface area contributed by atoms with E-state index in [0.717, 1.165) is 0 Å². The average molecular weight is 288 g/mol. The van der Waals surface area contributed by atoms with Crippen molar-refractivity contribution in [1.82, 2.24) is 4.98 Å². The molecule has 0 bridgehead atoms. The lowest BCUT2D eigenvalue weighted by molar-refractivity contribution is -0.275. The van der Waals surface area contributed by atoms with E-state index < -0.39 is 30.4 Å². The van der Waals surface area contributed by atoms with Gasteiger partial charge in [0.15, 0.2) is 5.75 Å². The first-order chi connectivity index (χ1) is 8.23. The topological polar surface area (TPSA) is 59.4 Å². The lowest BCUT2D eigenvalue weighted by Gasteiger charge is -2.12. The third-order valence-electron chi connectivity index (χ3n) is 1.80. The molecule has 0 fully saturated rings. The van der Waals surface area contributed by atoms with Gasteiger partial charge in [-0.05, 0) is 11.6 Å². The van der Waals surface area contributed by atoms with Gasteiger partial charge in [0, 0.05) is 5.88 Å². The number of ether oxygens (including phenoxy) is 1. The molecule has 4 nitrogen and oxygen atoms in total. The van der Waals surface area contributed by atoms with Gasteiger partial charge in [0.25, 0.3) is 5.95 Å². The van der Waals surface area contributed by atoms with Crippen molar-refractivity contribution in [3.05, 3.63) is 23.3 Å². The molecule has 0 saturated carbocycles. The Morgan fingerprint density at radius 1 is 1.50 bits per heavy atom. The Balaban J connectivity index is 3.13. The van der Waals surface area contributed by atoms with Gasteiger partial charge in [-0.1, -0.05) is 0 Å². The van der Waals surface area contributed by atoms with Gasteiger partial charge in [0.2, 0.25) is 0 Å². The van der Waals surface area contributed by atoms with Crippen LogP contribution >= 0.6 is 11.6 Å². The maximum Gasteiger partial charge on any atom is 0.573 e. The van der Waals surface area contributed by atoms with E-state index in [1.165, 1.54) is 0 Å². The monoisotopic (exact) mass is 287 g/mol. The molecule has 18 heavy (non-hydrogen) atoms. The van der Waals surface area contributed by atoms with Crippen molar-refractivity contribution in [3.63, 3.8) is 0 Å². The summed E-state index contributed by atoms with van der Waals surface area (Å²) in [5, 5.41) is 8.52. The summed E-state index contributed by atoms with van der Waals surface area (Å²) in [4.78, 5) is 13.6.